The molecule has 0 spiro atoms. The Kier molecular flexibility index (Phi) is 2.26. The smallest absolute Gasteiger partial charge is 0.422 e. The molecule has 0 amide bonds. The van der Waals surface area contributed by atoms with E-state index in [2.05, 4.69) is 4.42 Å². The molecule has 16 heavy (non-hydrogen) atoms. The van der Waals surface area contributed by atoms with Crippen molar-refractivity contribution in [2.75, 3.05) is 0 Å². The zero-order valence-electron chi connectivity index (χ0n) is 8.26. The van der Waals surface area contributed by atoms with E-state index in [0.29, 0.717) is 5.56 Å². The lowest BCUT2D eigenvalue weighted by atomic mass is 10.1. The summed E-state index contributed by atoms with van der Waals surface area (Å²) >= 11 is 0. The van der Waals surface area contributed by atoms with Gasteiger partial charge in [0.05, 0.1) is 0 Å². The quantitative estimate of drug-likeness (QED) is 0.648. The van der Waals surface area contributed by atoms with Crippen molar-refractivity contribution in [1.29, 1.82) is 0 Å². The maximum absolute atomic E-state index is 12.4. The van der Waals surface area contributed by atoms with Crippen molar-refractivity contribution in [2.45, 2.75) is 13.1 Å². The Bertz CT molecular complexity index is 596. The molecular formula is C11H7F3O2. The SMILES string of the molecule is Cc1cccc2cc(C(F)(F)F)c(=O)oc12. The summed E-state index contributed by atoms with van der Waals surface area (Å²) in [5.74, 6) is 0. The van der Waals surface area contributed by atoms with E-state index in [4.69, 9.17) is 0 Å². The van der Waals surface area contributed by atoms with E-state index in [1.54, 1.807) is 19.1 Å². The minimum atomic E-state index is -4.68. The van der Waals surface area contributed by atoms with E-state index in [0.717, 1.165) is 6.07 Å². The summed E-state index contributed by atoms with van der Waals surface area (Å²) < 4.78 is 41.9. The molecule has 0 radical (unpaired) electrons. The number of fused-ring (bicyclic) bond motifs is 1. The van der Waals surface area contributed by atoms with Gasteiger partial charge in [-0.25, -0.2) is 4.79 Å². The summed E-state index contributed by atoms with van der Waals surface area (Å²) in [4.78, 5) is 11.1. The van der Waals surface area contributed by atoms with Gasteiger partial charge >= 0.3 is 11.8 Å². The molecule has 0 unspecified atom stereocenters. The summed E-state index contributed by atoms with van der Waals surface area (Å²) in [7, 11) is 0. The van der Waals surface area contributed by atoms with Crippen LogP contribution in [0, 0.1) is 6.92 Å². The third kappa shape index (κ3) is 1.68. The molecule has 0 saturated heterocycles. The van der Waals surface area contributed by atoms with Crippen LogP contribution in [-0.2, 0) is 6.18 Å². The summed E-state index contributed by atoms with van der Waals surface area (Å²) in [6.07, 6.45) is -4.68. The third-order valence-corrected chi connectivity index (χ3v) is 2.26. The van der Waals surface area contributed by atoms with Gasteiger partial charge in [-0.1, -0.05) is 18.2 Å². The largest absolute Gasteiger partial charge is 0.423 e. The molecule has 1 heterocycles. The Morgan fingerprint density at radius 3 is 2.56 bits per heavy atom. The van der Waals surface area contributed by atoms with Crippen LogP contribution in [0.15, 0.2) is 33.5 Å². The van der Waals surface area contributed by atoms with Crippen LogP contribution >= 0.6 is 0 Å². The molecule has 0 atom stereocenters. The van der Waals surface area contributed by atoms with Gasteiger partial charge in [-0.05, 0) is 18.6 Å². The van der Waals surface area contributed by atoms with Crippen LogP contribution in [0.1, 0.15) is 11.1 Å². The number of benzene rings is 1. The van der Waals surface area contributed by atoms with Gasteiger partial charge in [0, 0.05) is 5.39 Å². The minimum absolute atomic E-state index is 0.195. The highest BCUT2D eigenvalue weighted by molar-refractivity contribution is 5.80. The van der Waals surface area contributed by atoms with Crippen molar-refractivity contribution < 1.29 is 17.6 Å². The standard InChI is InChI=1S/C11H7F3O2/c1-6-3-2-4-7-5-8(11(12,13)14)10(15)16-9(6)7/h2-5H,1H3. The Labute approximate surface area is 88.3 Å². The number of hydrogen-bond donors (Lipinski definition) is 0. The molecule has 2 aromatic rings. The van der Waals surface area contributed by atoms with E-state index in [1.807, 2.05) is 0 Å². The molecule has 1 aromatic heterocycles. The first kappa shape index (κ1) is 10.7. The number of para-hydroxylation sites is 1. The van der Waals surface area contributed by atoms with Gasteiger partial charge in [-0.2, -0.15) is 13.2 Å². The number of rotatable bonds is 0. The molecule has 0 aliphatic carbocycles. The molecule has 0 fully saturated rings. The number of alkyl halides is 3. The maximum atomic E-state index is 12.4. The lowest BCUT2D eigenvalue weighted by Gasteiger charge is -2.06. The molecule has 0 saturated carbocycles. The molecule has 5 heteroatoms. The molecule has 2 rings (SSSR count). The fraction of sp³-hybridized carbons (Fsp3) is 0.182. The molecule has 0 bridgehead atoms. The average Bonchev–Trinajstić information content (AvgIpc) is 2.17. The second kappa shape index (κ2) is 3.37. The fourth-order valence-electron chi connectivity index (χ4n) is 1.49. The minimum Gasteiger partial charge on any atom is -0.422 e. The lowest BCUT2D eigenvalue weighted by molar-refractivity contribution is -0.139. The average molecular weight is 228 g/mol. The second-order valence-corrected chi connectivity index (χ2v) is 3.44. The van der Waals surface area contributed by atoms with Gasteiger partial charge in [-0.15, -0.1) is 0 Å². The van der Waals surface area contributed by atoms with Crippen LogP contribution in [0.3, 0.4) is 0 Å². The van der Waals surface area contributed by atoms with Crippen LogP contribution in [0.25, 0.3) is 11.0 Å². The first-order chi connectivity index (χ1) is 7.39. The highest BCUT2D eigenvalue weighted by atomic mass is 19.4. The van der Waals surface area contributed by atoms with Crippen molar-refractivity contribution in [3.63, 3.8) is 0 Å². The van der Waals surface area contributed by atoms with Gasteiger partial charge in [-0.3, -0.25) is 0 Å². The molecule has 84 valence electrons. The lowest BCUT2D eigenvalue weighted by Crippen LogP contribution is -2.18. The van der Waals surface area contributed by atoms with Crippen LogP contribution in [0.5, 0.6) is 0 Å². The topological polar surface area (TPSA) is 30.2 Å². The van der Waals surface area contributed by atoms with Crippen LogP contribution in [0.4, 0.5) is 13.2 Å². The van der Waals surface area contributed by atoms with Crippen molar-refractivity contribution in [3.05, 3.63) is 45.8 Å². The van der Waals surface area contributed by atoms with E-state index in [-0.39, 0.29) is 11.0 Å². The van der Waals surface area contributed by atoms with Crippen molar-refractivity contribution in [3.8, 4) is 0 Å². The Morgan fingerprint density at radius 1 is 1.25 bits per heavy atom. The summed E-state index contributed by atoms with van der Waals surface area (Å²) in [6.45, 7) is 1.67. The van der Waals surface area contributed by atoms with Crippen molar-refractivity contribution in [2.24, 2.45) is 0 Å². The molecule has 2 nitrogen and oxygen atoms in total. The van der Waals surface area contributed by atoms with E-state index in [1.165, 1.54) is 6.07 Å². The molecule has 1 aromatic carbocycles. The predicted octanol–water partition coefficient (Wildman–Crippen LogP) is 3.12. The third-order valence-electron chi connectivity index (χ3n) is 2.26. The molecular weight excluding hydrogens is 221 g/mol. The van der Waals surface area contributed by atoms with Gasteiger partial charge in [0.25, 0.3) is 0 Å². The molecule has 0 aliphatic heterocycles. The first-order valence-corrected chi connectivity index (χ1v) is 4.50. The normalized spacial score (nSPS) is 12.0. The van der Waals surface area contributed by atoms with Crippen molar-refractivity contribution >= 4 is 11.0 Å². The van der Waals surface area contributed by atoms with Crippen LogP contribution < -0.4 is 5.63 Å². The number of halogens is 3. The number of aryl methyl sites for hydroxylation is 1. The van der Waals surface area contributed by atoms with E-state index in [9.17, 15) is 18.0 Å². The second-order valence-electron chi connectivity index (χ2n) is 3.44. The van der Waals surface area contributed by atoms with Gasteiger partial charge in [0.1, 0.15) is 11.1 Å². The zero-order valence-corrected chi connectivity index (χ0v) is 8.26. The molecule has 0 aliphatic rings. The highest BCUT2D eigenvalue weighted by Crippen LogP contribution is 2.29. The van der Waals surface area contributed by atoms with Gasteiger partial charge < -0.3 is 4.42 Å². The zero-order chi connectivity index (χ0) is 11.9. The first-order valence-electron chi connectivity index (χ1n) is 4.50. The Balaban J connectivity index is 2.83. The van der Waals surface area contributed by atoms with E-state index < -0.39 is 17.4 Å². The highest BCUT2D eigenvalue weighted by Gasteiger charge is 2.35. The summed E-state index contributed by atoms with van der Waals surface area (Å²) in [5, 5.41) is 0.270. The molecule has 0 N–H and O–H groups in total. The van der Waals surface area contributed by atoms with Crippen LogP contribution in [0.2, 0.25) is 0 Å². The predicted molar refractivity (Wildman–Crippen MR) is 52.2 cm³/mol. The van der Waals surface area contributed by atoms with Gasteiger partial charge in [0.15, 0.2) is 0 Å². The fourth-order valence-corrected chi connectivity index (χ4v) is 1.49. The Hall–Kier alpha value is -1.78. The number of hydrogen-bond acceptors (Lipinski definition) is 2. The Morgan fingerprint density at radius 2 is 1.94 bits per heavy atom. The monoisotopic (exact) mass is 228 g/mol. The summed E-state index contributed by atoms with van der Waals surface area (Å²) in [5.41, 5.74) is -1.80. The van der Waals surface area contributed by atoms with E-state index >= 15 is 0 Å². The van der Waals surface area contributed by atoms with Crippen LogP contribution in [-0.4, -0.2) is 0 Å². The van der Waals surface area contributed by atoms with Crippen molar-refractivity contribution in [1.82, 2.24) is 0 Å². The van der Waals surface area contributed by atoms with Gasteiger partial charge in [0.2, 0.25) is 0 Å². The summed E-state index contributed by atoms with van der Waals surface area (Å²) in [6, 6.07) is 5.56. The maximum Gasteiger partial charge on any atom is 0.423 e.